The second-order valence-corrected chi connectivity index (χ2v) is 4.51. The maximum atomic E-state index is 9.14. The van der Waals surface area contributed by atoms with Crippen LogP contribution in [0.25, 0.3) is 16.8 Å². The first-order chi connectivity index (χ1) is 8.76. The summed E-state index contributed by atoms with van der Waals surface area (Å²) < 4.78 is 5.10. The number of hydrogen-bond acceptors (Lipinski definition) is 4. The average Bonchev–Trinajstić information content (AvgIpc) is 2.90. The van der Waals surface area contributed by atoms with Crippen molar-refractivity contribution >= 4 is 16.9 Å². The van der Waals surface area contributed by atoms with Crippen molar-refractivity contribution in [1.82, 2.24) is 4.98 Å². The summed E-state index contributed by atoms with van der Waals surface area (Å²) in [6.45, 7) is 1.77. The molecule has 18 heavy (non-hydrogen) atoms. The summed E-state index contributed by atoms with van der Waals surface area (Å²) in [5, 5.41) is 11.8. The van der Waals surface area contributed by atoms with Gasteiger partial charge in [-0.15, -0.1) is 11.3 Å². The highest BCUT2D eigenvalue weighted by Gasteiger charge is 2.11. The normalized spacial score (nSPS) is 11.6. The number of rotatable bonds is 3. The first kappa shape index (κ1) is 12.3. The number of nitriles is 1. The predicted octanol–water partition coefficient (Wildman–Crippen LogP) is 3.71. The maximum Gasteiger partial charge on any atom is 0.138 e. The molecule has 0 unspecified atom stereocenters. The van der Waals surface area contributed by atoms with Crippen LogP contribution in [-0.4, -0.2) is 12.1 Å². The Kier molecular flexibility index (Phi) is 3.75. The molecule has 90 valence electrons. The molecule has 3 nitrogen and oxygen atoms in total. The van der Waals surface area contributed by atoms with Crippen molar-refractivity contribution in [3.8, 4) is 17.3 Å². The van der Waals surface area contributed by atoms with Crippen LogP contribution in [0, 0.1) is 11.3 Å². The lowest BCUT2D eigenvalue weighted by Gasteiger charge is -2.00. The molecule has 0 atom stereocenters. The maximum absolute atomic E-state index is 9.14. The van der Waals surface area contributed by atoms with Crippen LogP contribution >= 0.6 is 11.3 Å². The van der Waals surface area contributed by atoms with E-state index in [1.807, 2.05) is 35.7 Å². The second-order valence-electron chi connectivity index (χ2n) is 3.65. The van der Waals surface area contributed by atoms with Crippen LogP contribution in [0.3, 0.4) is 0 Å². The Hall–Kier alpha value is -2.12. The van der Waals surface area contributed by atoms with Gasteiger partial charge in [-0.3, -0.25) is 0 Å². The highest BCUT2D eigenvalue weighted by molar-refractivity contribution is 7.11. The van der Waals surface area contributed by atoms with E-state index in [-0.39, 0.29) is 0 Å². The van der Waals surface area contributed by atoms with E-state index in [0.717, 1.165) is 11.3 Å². The predicted molar refractivity (Wildman–Crippen MR) is 72.8 cm³/mol. The quantitative estimate of drug-likeness (QED) is 0.621. The molecule has 0 saturated heterocycles. The Balaban J connectivity index is 2.41. The minimum atomic E-state index is 0.490. The minimum absolute atomic E-state index is 0.490. The molecule has 0 radical (unpaired) electrons. The van der Waals surface area contributed by atoms with E-state index >= 15 is 0 Å². The largest absolute Gasteiger partial charge is 0.500 e. The van der Waals surface area contributed by atoms with Crippen molar-refractivity contribution in [2.24, 2.45) is 0 Å². The fourth-order valence-electron chi connectivity index (χ4n) is 1.51. The number of methoxy groups -OCH3 is 1. The SMILES string of the molecule is CO/C(C)=C(\C#N)c1nc(-c2ccccc2)cs1. The van der Waals surface area contributed by atoms with Crippen LogP contribution in [-0.2, 0) is 4.74 Å². The highest BCUT2D eigenvalue weighted by atomic mass is 32.1. The Morgan fingerprint density at radius 1 is 1.33 bits per heavy atom. The molecule has 1 aromatic heterocycles. The van der Waals surface area contributed by atoms with Crippen LogP contribution in [0.15, 0.2) is 41.5 Å². The molecule has 0 spiro atoms. The molecule has 0 saturated carbocycles. The Labute approximate surface area is 110 Å². The van der Waals surface area contributed by atoms with E-state index in [1.54, 1.807) is 14.0 Å². The van der Waals surface area contributed by atoms with Crippen molar-refractivity contribution in [3.05, 3.63) is 46.5 Å². The van der Waals surface area contributed by atoms with Gasteiger partial charge in [0.05, 0.1) is 12.8 Å². The number of aromatic nitrogens is 1. The van der Waals surface area contributed by atoms with Crippen LogP contribution < -0.4 is 0 Å². The van der Waals surface area contributed by atoms with Crippen LogP contribution in [0.5, 0.6) is 0 Å². The summed E-state index contributed by atoms with van der Waals surface area (Å²) in [5.74, 6) is 0.589. The van der Waals surface area contributed by atoms with Crippen LogP contribution in [0.1, 0.15) is 11.9 Å². The smallest absolute Gasteiger partial charge is 0.138 e. The van der Waals surface area contributed by atoms with Gasteiger partial charge in [0, 0.05) is 10.9 Å². The van der Waals surface area contributed by atoms with Gasteiger partial charge in [-0.05, 0) is 6.92 Å². The molecule has 0 N–H and O–H groups in total. The summed E-state index contributed by atoms with van der Waals surface area (Å²) in [5.41, 5.74) is 2.42. The van der Waals surface area contributed by atoms with Gasteiger partial charge in [-0.1, -0.05) is 30.3 Å². The third kappa shape index (κ3) is 2.41. The van der Waals surface area contributed by atoms with Gasteiger partial charge in [-0.2, -0.15) is 5.26 Å². The Morgan fingerprint density at radius 3 is 2.67 bits per heavy atom. The lowest BCUT2D eigenvalue weighted by atomic mass is 10.2. The van der Waals surface area contributed by atoms with Gasteiger partial charge in [0.25, 0.3) is 0 Å². The molecule has 1 aromatic carbocycles. The number of nitrogens with zero attached hydrogens (tertiary/aromatic N) is 2. The summed E-state index contributed by atoms with van der Waals surface area (Å²) in [7, 11) is 1.55. The van der Waals surface area contributed by atoms with Gasteiger partial charge >= 0.3 is 0 Å². The molecule has 0 aliphatic carbocycles. The number of benzene rings is 1. The summed E-state index contributed by atoms with van der Waals surface area (Å²) >= 11 is 1.45. The molecule has 0 aliphatic heterocycles. The molecular formula is C14H12N2OS. The molecule has 2 rings (SSSR count). The molecular weight excluding hydrogens is 244 g/mol. The molecule has 0 fully saturated rings. The van der Waals surface area contributed by atoms with Crippen molar-refractivity contribution in [3.63, 3.8) is 0 Å². The van der Waals surface area contributed by atoms with Gasteiger partial charge in [0.15, 0.2) is 0 Å². The lowest BCUT2D eigenvalue weighted by molar-refractivity contribution is 0.296. The first-order valence-electron chi connectivity index (χ1n) is 5.42. The number of hydrogen-bond donors (Lipinski definition) is 0. The zero-order chi connectivity index (χ0) is 13.0. The van der Waals surface area contributed by atoms with E-state index in [9.17, 15) is 0 Å². The lowest BCUT2D eigenvalue weighted by Crippen LogP contribution is -1.89. The molecule has 0 bridgehead atoms. The zero-order valence-corrected chi connectivity index (χ0v) is 11.0. The minimum Gasteiger partial charge on any atom is -0.500 e. The van der Waals surface area contributed by atoms with Crippen molar-refractivity contribution in [2.75, 3.05) is 7.11 Å². The number of allylic oxidation sites excluding steroid dienone is 2. The number of thiazole rings is 1. The monoisotopic (exact) mass is 256 g/mol. The third-order valence-corrected chi connectivity index (χ3v) is 3.42. The molecule has 4 heteroatoms. The zero-order valence-electron chi connectivity index (χ0n) is 10.2. The summed E-state index contributed by atoms with van der Waals surface area (Å²) in [4.78, 5) is 4.48. The van der Waals surface area contributed by atoms with Crippen molar-refractivity contribution in [1.29, 1.82) is 5.26 Å². The van der Waals surface area contributed by atoms with Crippen LogP contribution in [0.2, 0.25) is 0 Å². The highest BCUT2D eigenvalue weighted by Crippen LogP contribution is 2.27. The second kappa shape index (κ2) is 5.48. The Bertz CT molecular complexity index is 608. The summed E-state index contributed by atoms with van der Waals surface area (Å²) in [6.07, 6.45) is 0. The van der Waals surface area contributed by atoms with E-state index in [4.69, 9.17) is 10.00 Å². The van der Waals surface area contributed by atoms with E-state index in [1.165, 1.54) is 11.3 Å². The molecule has 0 aliphatic rings. The van der Waals surface area contributed by atoms with E-state index < -0.39 is 0 Å². The topological polar surface area (TPSA) is 45.9 Å². The van der Waals surface area contributed by atoms with Crippen molar-refractivity contribution in [2.45, 2.75) is 6.92 Å². The fraction of sp³-hybridized carbons (Fsp3) is 0.143. The first-order valence-corrected chi connectivity index (χ1v) is 6.30. The van der Waals surface area contributed by atoms with Gasteiger partial charge in [-0.25, -0.2) is 4.98 Å². The average molecular weight is 256 g/mol. The van der Waals surface area contributed by atoms with Gasteiger partial charge in [0.2, 0.25) is 0 Å². The third-order valence-electron chi connectivity index (χ3n) is 2.56. The van der Waals surface area contributed by atoms with Gasteiger partial charge in [0.1, 0.15) is 22.4 Å². The summed E-state index contributed by atoms with van der Waals surface area (Å²) in [6, 6.07) is 12.0. The number of ether oxygens (including phenoxy) is 1. The van der Waals surface area contributed by atoms with Crippen LogP contribution in [0.4, 0.5) is 0 Å². The Morgan fingerprint density at radius 2 is 2.06 bits per heavy atom. The molecule has 2 aromatic rings. The van der Waals surface area contributed by atoms with Gasteiger partial charge < -0.3 is 4.74 Å². The molecule has 0 amide bonds. The fourth-order valence-corrected chi connectivity index (χ4v) is 2.38. The van der Waals surface area contributed by atoms with Crippen molar-refractivity contribution < 1.29 is 4.74 Å². The standard InChI is InChI=1S/C14H12N2OS/c1-10(17-2)12(8-15)14-16-13(9-18-14)11-6-4-3-5-7-11/h3-7,9H,1-2H3/b12-10+. The van der Waals surface area contributed by atoms with E-state index in [0.29, 0.717) is 16.3 Å². The molecule has 1 heterocycles. The van der Waals surface area contributed by atoms with E-state index in [2.05, 4.69) is 11.1 Å².